The van der Waals surface area contributed by atoms with Gasteiger partial charge in [-0.3, -0.25) is 14.9 Å². The highest BCUT2D eigenvalue weighted by Crippen LogP contribution is 2.44. The predicted molar refractivity (Wildman–Crippen MR) is 137 cm³/mol. The molecule has 1 amide bonds. The zero-order valence-corrected chi connectivity index (χ0v) is 20.6. The summed E-state index contributed by atoms with van der Waals surface area (Å²) in [5.74, 6) is -0.730. The Morgan fingerprint density at radius 2 is 1.70 bits per heavy atom. The van der Waals surface area contributed by atoms with Crippen LogP contribution in [-0.4, -0.2) is 35.3 Å². The van der Waals surface area contributed by atoms with Crippen LogP contribution in [0, 0.1) is 17.0 Å². The van der Waals surface area contributed by atoms with Crippen molar-refractivity contribution >= 4 is 17.7 Å². The molecule has 3 aromatic carbocycles. The second-order valence-corrected chi connectivity index (χ2v) is 8.97. The Balaban J connectivity index is 1.43. The third-order valence-electron chi connectivity index (χ3n) is 6.46. The number of nitrogens with one attached hydrogen (secondary N) is 1. The highest BCUT2D eigenvalue weighted by atomic mass is 16.6. The van der Waals surface area contributed by atoms with Crippen molar-refractivity contribution in [2.45, 2.75) is 38.6 Å². The molecule has 0 aliphatic heterocycles. The number of benzene rings is 3. The lowest BCUT2D eigenvalue weighted by Gasteiger charge is -2.18. The van der Waals surface area contributed by atoms with E-state index in [1.165, 1.54) is 6.07 Å². The standard InChI is InChI=1S/C28H28N2O7/c1-17-14-23(25(30(34)35)15-26(17)36-13-7-12-27(31)32)18(2)29-28(33)37-16-24-21-10-5-3-8-19(21)20-9-4-6-11-22(20)24/h3-6,8-11,14-15,18,24H,7,12-13,16H2,1-2H3,(H,29,33)(H,31,32). The van der Waals surface area contributed by atoms with Gasteiger partial charge < -0.3 is 19.9 Å². The van der Waals surface area contributed by atoms with Crippen LogP contribution < -0.4 is 10.1 Å². The van der Waals surface area contributed by atoms with Gasteiger partial charge in [0.1, 0.15) is 12.4 Å². The van der Waals surface area contributed by atoms with Crippen molar-refractivity contribution in [2.24, 2.45) is 0 Å². The summed E-state index contributed by atoms with van der Waals surface area (Å²) in [5, 5.41) is 23.2. The van der Waals surface area contributed by atoms with Gasteiger partial charge in [-0.25, -0.2) is 4.79 Å². The van der Waals surface area contributed by atoms with Crippen LogP contribution in [0.1, 0.15) is 54.0 Å². The highest BCUT2D eigenvalue weighted by Gasteiger charge is 2.29. The van der Waals surface area contributed by atoms with E-state index >= 15 is 0 Å². The van der Waals surface area contributed by atoms with Crippen LogP contribution in [-0.2, 0) is 9.53 Å². The van der Waals surface area contributed by atoms with E-state index in [9.17, 15) is 19.7 Å². The molecule has 0 spiro atoms. The minimum absolute atomic E-state index is 0.0552. The van der Waals surface area contributed by atoms with E-state index in [2.05, 4.69) is 17.4 Å². The monoisotopic (exact) mass is 504 g/mol. The van der Waals surface area contributed by atoms with Crippen LogP contribution in [0.15, 0.2) is 60.7 Å². The first-order valence-corrected chi connectivity index (χ1v) is 12.0. The van der Waals surface area contributed by atoms with Crippen molar-refractivity contribution in [3.05, 3.63) is 93.0 Å². The number of hydrogen-bond acceptors (Lipinski definition) is 6. The van der Waals surface area contributed by atoms with E-state index in [4.69, 9.17) is 14.6 Å². The maximum absolute atomic E-state index is 12.7. The van der Waals surface area contributed by atoms with Gasteiger partial charge in [0.2, 0.25) is 0 Å². The number of carboxylic acid groups (broad SMARTS) is 1. The Morgan fingerprint density at radius 1 is 1.08 bits per heavy atom. The lowest BCUT2D eigenvalue weighted by Crippen LogP contribution is -2.29. The van der Waals surface area contributed by atoms with Gasteiger partial charge in [-0.1, -0.05) is 48.5 Å². The minimum atomic E-state index is -0.935. The molecule has 1 aliphatic carbocycles. The molecule has 0 heterocycles. The lowest BCUT2D eigenvalue weighted by molar-refractivity contribution is -0.385. The fraction of sp³-hybridized carbons (Fsp3) is 0.286. The smallest absolute Gasteiger partial charge is 0.407 e. The first kappa shape index (κ1) is 25.7. The van der Waals surface area contributed by atoms with Gasteiger partial charge in [0.15, 0.2) is 0 Å². The van der Waals surface area contributed by atoms with Crippen LogP contribution in [0.2, 0.25) is 0 Å². The van der Waals surface area contributed by atoms with Crippen LogP contribution in [0.4, 0.5) is 10.5 Å². The van der Waals surface area contributed by atoms with Gasteiger partial charge in [-0.15, -0.1) is 0 Å². The molecule has 3 aromatic rings. The van der Waals surface area contributed by atoms with Gasteiger partial charge in [0, 0.05) is 12.3 Å². The third-order valence-corrected chi connectivity index (χ3v) is 6.46. The molecule has 37 heavy (non-hydrogen) atoms. The number of rotatable bonds is 10. The normalized spacial score (nSPS) is 12.8. The van der Waals surface area contributed by atoms with E-state index in [0.717, 1.165) is 22.3 Å². The van der Waals surface area contributed by atoms with Crippen molar-refractivity contribution in [3.63, 3.8) is 0 Å². The van der Waals surface area contributed by atoms with Gasteiger partial charge in [-0.2, -0.15) is 0 Å². The SMILES string of the molecule is Cc1cc(C(C)NC(=O)OCC2c3ccccc3-c3ccccc32)c([N+](=O)[O-])cc1OCCCC(=O)O. The second-order valence-electron chi connectivity index (χ2n) is 8.97. The van der Waals surface area contributed by atoms with Gasteiger partial charge in [0.25, 0.3) is 5.69 Å². The maximum atomic E-state index is 12.7. The fourth-order valence-corrected chi connectivity index (χ4v) is 4.66. The summed E-state index contributed by atoms with van der Waals surface area (Å²) in [6.45, 7) is 3.64. The molecule has 9 heteroatoms. The van der Waals surface area contributed by atoms with Gasteiger partial charge in [-0.05, 0) is 54.2 Å². The molecule has 0 aromatic heterocycles. The Bertz CT molecular complexity index is 1290. The number of nitrogens with zero attached hydrogens (tertiary/aromatic N) is 1. The number of fused-ring (bicyclic) bond motifs is 3. The topological polar surface area (TPSA) is 128 Å². The lowest BCUT2D eigenvalue weighted by atomic mass is 9.98. The maximum Gasteiger partial charge on any atom is 0.407 e. The van der Waals surface area contributed by atoms with E-state index in [-0.39, 0.29) is 37.7 Å². The number of hydrogen-bond donors (Lipinski definition) is 2. The van der Waals surface area contributed by atoms with E-state index in [0.29, 0.717) is 16.9 Å². The van der Waals surface area contributed by atoms with Crippen LogP contribution in [0.3, 0.4) is 0 Å². The van der Waals surface area contributed by atoms with Gasteiger partial charge in [0.05, 0.1) is 29.2 Å². The highest BCUT2D eigenvalue weighted by molar-refractivity contribution is 5.79. The number of alkyl carbamates (subject to hydrolysis) is 1. The number of ether oxygens (including phenoxy) is 2. The number of carboxylic acids is 1. The average molecular weight is 505 g/mol. The number of amides is 1. The Labute approximate surface area is 214 Å². The van der Waals surface area contributed by atoms with E-state index in [1.807, 2.05) is 36.4 Å². The molecule has 0 saturated carbocycles. The van der Waals surface area contributed by atoms with Crippen molar-refractivity contribution < 1.29 is 29.1 Å². The molecule has 9 nitrogen and oxygen atoms in total. The summed E-state index contributed by atoms with van der Waals surface area (Å²) < 4.78 is 11.1. The summed E-state index contributed by atoms with van der Waals surface area (Å²) >= 11 is 0. The summed E-state index contributed by atoms with van der Waals surface area (Å²) in [5.41, 5.74) is 5.18. The zero-order chi connectivity index (χ0) is 26.5. The molecule has 192 valence electrons. The number of nitro groups is 1. The molecule has 0 fully saturated rings. The van der Waals surface area contributed by atoms with Crippen molar-refractivity contribution in [3.8, 4) is 16.9 Å². The Hall–Kier alpha value is -4.40. The minimum Gasteiger partial charge on any atom is -0.493 e. The Morgan fingerprint density at radius 3 is 2.30 bits per heavy atom. The van der Waals surface area contributed by atoms with E-state index < -0.39 is 23.0 Å². The number of carbonyl (C=O) groups is 2. The van der Waals surface area contributed by atoms with Crippen molar-refractivity contribution in [1.82, 2.24) is 5.32 Å². The summed E-state index contributed by atoms with van der Waals surface area (Å²) in [4.78, 5) is 34.6. The summed E-state index contributed by atoms with van der Waals surface area (Å²) in [6.07, 6.45) is -0.444. The largest absolute Gasteiger partial charge is 0.493 e. The molecule has 4 rings (SSSR count). The molecule has 1 atom stereocenters. The predicted octanol–water partition coefficient (Wildman–Crippen LogP) is 5.75. The first-order chi connectivity index (χ1) is 17.8. The van der Waals surface area contributed by atoms with Crippen LogP contribution in [0.5, 0.6) is 5.75 Å². The molecule has 1 unspecified atom stereocenters. The van der Waals surface area contributed by atoms with Crippen LogP contribution >= 0.6 is 0 Å². The molecule has 0 radical (unpaired) electrons. The molecule has 2 N–H and O–H groups in total. The molecular weight excluding hydrogens is 476 g/mol. The third kappa shape index (κ3) is 5.72. The fourth-order valence-electron chi connectivity index (χ4n) is 4.66. The molecule has 0 bridgehead atoms. The summed E-state index contributed by atoms with van der Waals surface area (Å²) in [7, 11) is 0. The van der Waals surface area contributed by atoms with Crippen molar-refractivity contribution in [1.29, 1.82) is 0 Å². The first-order valence-electron chi connectivity index (χ1n) is 12.0. The molecular formula is C28H28N2O7. The number of aliphatic carboxylic acids is 1. The van der Waals surface area contributed by atoms with Gasteiger partial charge >= 0.3 is 12.1 Å². The number of nitro benzene ring substituents is 1. The quantitative estimate of drug-likeness (QED) is 0.204. The van der Waals surface area contributed by atoms with Crippen LogP contribution in [0.25, 0.3) is 11.1 Å². The number of aryl methyl sites for hydroxylation is 1. The average Bonchev–Trinajstić information content (AvgIpc) is 3.19. The molecule has 0 saturated heterocycles. The van der Waals surface area contributed by atoms with E-state index in [1.54, 1.807) is 19.9 Å². The summed E-state index contributed by atoms with van der Waals surface area (Å²) in [6, 6.07) is 18.2. The molecule has 1 aliphatic rings. The van der Waals surface area contributed by atoms with Crippen molar-refractivity contribution in [2.75, 3.05) is 13.2 Å². The Kier molecular flexibility index (Phi) is 7.71. The number of carbonyl (C=O) groups excluding carboxylic acids is 1. The zero-order valence-electron chi connectivity index (χ0n) is 20.6. The second kappa shape index (κ2) is 11.1.